The van der Waals surface area contributed by atoms with Gasteiger partial charge in [-0.25, -0.2) is 9.59 Å². The van der Waals surface area contributed by atoms with Gasteiger partial charge in [0.2, 0.25) is 11.8 Å². The number of carbonyl (C=O) groups excluding carboxylic acids is 6. The van der Waals surface area contributed by atoms with Gasteiger partial charge in [-0.1, -0.05) is 0 Å². The van der Waals surface area contributed by atoms with Gasteiger partial charge in [0, 0.05) is 46.6 Å². The van der Waals surface area contributed by atoms with Gasteiger partial charge in [-0.2, -0.15) is 0 Å². The maximum Gasteiger partial charge on any atom is 0.407 e. The fourth-order valence-electron chi connectivity index (χ4n) is 6.26. The molecule has 2 fully saturated rings. The first kappa shape index (κ1) is 56.7. The van der Waals surface area contributed by atoms with Crippen LogP contribution in [-0.2, 0) is 61.2 Å². The molecule has 0 aliphatic carbocycles. The Morgan fingerprint density at radius 1 is 0.672 bits per heavy atom. The molecule has 2 rings (SSSR count). The number of aliphatic hydroxyl groups is 6. The van der Waals surface area contributed by atoms with Crippen molar-refractivity contribution in [3.05, 3.63) is 0 Å². The number of unbranched alkanes of at least 4 members (excludes halogenated alkanes) is 2. The van der Waals surface area contributed by atoms with Gasteiger partial charge in [0.15, 0.2) is 30.3 Å². The molecule has 2 saturated heterocycles. The molecule has 4 amide bonds. The van der Waals surface area contributed by atoms with Crippen LogP contribution in [0.3, 0.4) is 0 Å². The summed E-state index contributed by atoms with van der Waals surface area (Å²) in [5, 5.41) is 69.4. The second-order valence-corrected chi connectivity index (χ2v) is 18.2. The third-order valence-corrected chi connectivity index (χ3v) is 10.7. The summed E-state index contributed by atoms with van der Waals surface area (Å²) in [5.74, 6) is -1.81. The van der Waals surface area contributed by atoms with Gasteiger partial charge in [-0.3, -0.25) is 23.7 Å². The number of aliphatic hydroxyl groups excluding tert-OH is 6. The van der Waals surface area contributed by atoms with Crippen molar-refractivity contribution < 1.29 is 101 Å². The Bertz CT molecular complexity index is 1550. The van der Waals surface area contributed by atoms with E-state index in [0.717, 1.165) is 0 Å². The summed E-state index contributed by atoms with van der Waals surface area (Å²) in [5.41, 5.74) is -0.868. The highest BCUT2D eigenvalue weighted by atomic mass is 31.2. The first-order valence-electron chi connectivity index (χ1n) is 20.8. The molecule has 12 atom stereocenters. The Morgan fingerprint density at radius 2 is 1.11 bits per heavy atom. The molecule has 64 heavy (non-hydrogen) atoms. The maximum absolute atomic E-state index is 12.9. The molecule has 0 radical (unpaired) electrons. The molecule has 2 heterocycles. The molecule has 0 spiro atoms. The molecule has 0 aromatic carbocycles. The first-order chi connectivity index (χ1) is 30.0. The molecule has 370 valence electrons. The standard InChI is InChI=1S/C38H67N4O21P/c1-21(45)41-28-32(51)30(49)26(17-43)61-34(28)56-13-9-7-11-23(47)15-39-36(53)58-19-25(20-59-64(6,55)63-38(3,4)5)60-37(54)40-16-24(48)12-8-10-14-57-35-29(42-22(2)46)33(52)31(50)27(18-44)62-35/h25-35,43-44,49-52H,7-20H2,1-6H3,(H,39,53)(H,40,54)(H,41,45)(H,42,46)/t25?,26-,27-,28-,29-,30+,31+,32-,33-,34-,35-,64?/m1/s1. The maximum atomic E-state index is 12.9. The molecule has 0 saturated carbocycles. The zero-order valence-electron chi connectivity index (χ0n) is 37.0. The van der Waals surface area contributed by atoms with Crippen LogP contribution >= 0.6 is 7.60 Å². The molecule has 0 bridgehead atoms. The quantitative estimate of drug-likeness (QED) is 0.0310. The van der Waals surface area contributed by atoms with E-state index in [1.54, 1.807) is 20.8 Å². The second-order valence-electron chi connectivity index (χ2n) is 16.2. The van der Waals surface area contributed by atoms with Crippen LogP contribution in [-0.4, -0.2) is 199 Å². The number of Topliss-reactive ketones (excluding diaryl/α,β-unsaturated/α-hetero) is 2. The van der Waals surface area contributed by atoms with Crippen LogP contribution in [0.25, 0.3) is 0 Å². The van der Waals surface area contributed by atoms with E-state index < -0.39 is 150 Å². The van der Waals surface area contributed by atoms with Crippen molar-refractivity contribution >= 4 is 43.2 Å². The number of hydrogen-bond acceptors (Lipinski definition) is 21. The van der Waals surface area contributed by atoms with Gasteiger partial charge in [0.25, 0.3) is 0 Å². The molecule has 26 heteroatoms. The summed E-state index contributed by atoms with van der Waals surface area (Å²) in [6.45, 7) is 5.28. The van der Waals surface area contributed by atoms with Crippen LogP contribution in [0, 0.1) is 0 Å². The van der Waals surface area contributed by atoms with Crippen LogP contribution in [0.5, 0.6) is 0 Å². The summed E-state index contributed by atoms with van der Waals surface area (Å²) in [7, 11) is -3.71. The molecule has 2 unspecified atom stereocenters. The largest absolute Gasteiger partial charge is 0.446 e. The number of carbonyl (C=O) groups is 6. The van der Waals surface area contributed by atoms with Crippen molar-refractivity contribution in [2.75, 3.05) is 59.4 Å². The van der Waals surface area contributed by atoms with Crippen LogP contribution in [0.15, 0.2) is 0 Å². The number of ketones is 2. The highest BCUT2D eigenvalue weighted by Gasteiger charge is 2.46. The third-order valence-electron chi connectivity index (χ3n) is 9.23. The van der Waals surface area contributed by atoms with Crippen LogP contribution in [0.4, 0.5) is 9.59 Å². The van der Waals surface area contributed by atoms with E-state index in [1.807, 2.05) is 0 Å². The summed E-state index contributed by atoms with van der Waals surface area (Å²) in [6, 6.07) is -2.23. The molecule has 10 N–H and O–H groups in total. The van der Waals surface area contributed by atoms with Crippen LogP contribution in [0.1, 0.15) is 73.1 Å². The lowest BCUT2D eigenvalue weighted by Gasteiger charge is -2.42. The Labute approximate surface area is 371 Å². The van der Waals surface area contributed by atoms with E-state index in [0.29, 0.717) is 25.7 Å². The molecule has 2 aliphatic rings. The Hall–Kier alpha value is -3.43. The fraction of sp³-hybridized carbons (Fsp3) is 0.842. The van der Waals surface area contributed by atoms with Crippen molar-refractivity contribution in [2.24, 2.45) is 0 Å². The molecule has 0 aromatic heterocycles. The normalized spacial score (nSPS) is 27.3. The SMILES string of the molecule is CC(=O)N[C@H]1[C@H](OCCCCC(=O)CNC(=O)OCC(COP(C)(=O)OC(C)(C)C)OC(=O)NCC(=O)CCCCO[C@@H]2O[C@H](CO)[C@H](O)[C@H](O)[C@H]2NC(C)=O)O[C@H](CO)[C@H](O)[C@@H]1O. The highest BCUT2D eigenvalue weighted by Crippen LogP contribution is 2.47. The van der Waals surface area contributed by atoms with Crippen molar-refractivity contribution in [2.45, 2.75) is 146 Å². The van der Waals surface area contributed by atoms with Gasteiger partial charge in [-0.15, -0.1) is 0 Å². The van der Waals surface area contributed by atoms with E-state index in [2.05, 4.69) is 21.3 Å². The Morgan fingerprint density at radius 3 is 1.52 bits per heavy atom. The van der Waals surface area contributed by atoms with Crippen molar-refractivity contribution in [1.82, 2.24) is 21.3 Å². The molecular formula is C38H67N4O21P. The molecule has 0 aromatic rings. The van der Waals surface area contributed by atoms with Crippen molar-refractivity contribution in [1.29, 1.82) is 0 Å². The lowest BCUT2D eigenvalue weighted by molar-refractivity contribution is -0.270. The number of rotatable bonds is 27. The highest BCUT2D eigenvalue weighted by molar-refractivity contribution is 7.53. The van der Waals surface area contributed by atoms with E-state index >= 15 is 0 Å². The molecule has 2 aliphatic heterocycles. The Balaban J connectivity index is 1.80. The van der Waals surface area contributed by atoms with Crippen molar-refractivity contribution in [3.8, 4) is 0 Å². The predicted octanol–water partition coefficient (Wildman–Crippen LogP) is -2.14. The smallest absolute Gasteiger partial charge is 0.407 e. The number of alkyl carbamates (subject to hydrolysis) is 2. The predicted molar refractivity (Wildman–Crippen MR) is 218 cm³/mol. The van der Waals surface area contributed by atoms with Crippen molar-refractivity contribution in [3.63, 3.8) is 0 Å². The zero-order chi connectivity index (χ0) is 48.2. The van der Waals surface area contributed by atoms with Gasteiger partial charge < -0.3 is 89.4 Å². The monoisotopic (exact) mass is 946 g/mol. The minimum Gasteiger partial charge on any atom is -0.446 e. The van der Waals surface area contributed by atoms with E-state index in [-0.39, 0.29) is 31.8 Å². The van der Waals surface area contributed by atoms with E-state index in [1.165, 1.54) is 20.5 Å². The van der Waals surface area contributed by atoms with Gasteiger partial charge >= 0.3 is 19.8 Å². The lowest BCUT2D eigenvalue weighted by Crippen LogP contribution is -2.64. The summed E-state index contributed by atoms with van der Waals surface area (Å²) < 4.78 is 56.3. The topological polar surface area (TPSA) is 363 Å². The average molecular weight is 947 g/mol. The Kier molecular flexibility index (Phi) is 24.7. The number of amides is 4. The summed E-state index contributed by atoms with van der Waals surface area (Å²) in [4.78, 5) is 73.3. The number of hydrogen-bond donors (Lipinski definition) is 10. The zero-order valence-corrected chi connectivity index (χ0v) is 37.9. The van der Waals surface area contributed by atoms with Crippen LogP contribution in [0.2, 0.25) is 0 Å². The lowest BCUT2D eigenvalue weighted by atomic mass is 9.97. The van der Waals surface area contributed by atoms with Gasteiger partial charge in [-0.05, 0) is 46.5 Å². The van der Waals surface area contributed by atoms with Crippen LogP contribution < -0.4 is 21.3 Å². The summed E-state index contributed by atoms with van der Waals surface area (Å²) >= 11 is 0. The molecular weight excluding hydrogens is 879 g/mol. The minimum absolute atomic E-state index is 0.00522. The van der Waals surface area contributed by atoms with Gasteiger partial charge in [0.05, 0.1) is 38.5 Å². The van der Waals surface area contributed by atoms with Gasteiger partial charge in [0.1, 0.15) is 55.3 Å². The molecule has 25 nitrogen and oxygen atoms in total. The minimum atomic E-state index is -3.71. The fourth-order valence-corrected chi connectivity index (χ4v) is 7.75. The number of nitrogens with one attached hydrogen (secondary N) is 4. The van der Waals surface area contributed by atoms with E-state index in [4.69, 9.17) is 37.5 Å². The summed E-state index contributed by atoms with van der Waals surface area (Å²) in [6.07, 6.45) is -12.9. The second kappa shape index (κ2) is 27.9. The average Bonchev–Trinajstić information content (AvgIpc) is 3.20. The van der Waals surface area contributed by atoms with E-state index in [9.17, 15) is 64.0 Å². The number of ether oxygens (including phenoxy) is 6. The third kappa shape index (κ3) is 21.3. The first-order valence-corrected chi connectivity index (χ1v) is 22.8.